The zero-order chi connectivity index (χ0) is 14.3. The van der Waals surface area contributed by atoms with Crippen molar-refractivity contribution in [3.05, 3.63) is 18.2 Å². The third kappa shape index (κ3) is 5.54. The maximum atomic E-state index is 11.8. The molecule has 1 aromatic heterocycles. The molecule has 6 heteroatoms. The molecular formula is C13H21N3O3. The molecule has 0 bridgehead atoms. The van der Waals surface area contributed by atoms with E-state index in [-0.39, 0.29) is 5.91 Å². The second-order valence-electron chi connectivity index (χ2n) is 4.86. The van der Waals surface area contributed by atoms with E-state index in [2.05, 4.69) is 29.1 Å². The van der Waals surface area contributed by atoms with Gasteiger partial charge in [-0.1, -0.05) is 13.8 Å². The monoisotopic (exact) mass is 267 g/mol. The molecule has 106 valence electrons. The highest BCUT2D eigenvalue weighted by molar-refractivity contribution is 5.84. The molecule has 0 saturated heterocycles. The minimum absolute atomic E-state index is 0.136. The molecule has 0 aliphatic heterocycles. The number of rotatable bonds is 7. The normalized spacial score (nSPS) is 12.2. The summed E-state index contributed by atoms with van der Waals surface area (Å²) in [5, 5.41) is 2.70. The number of hydrogen-bond acceptors (Lipinski definition) is 4. The van der Waals surface area contributed by atoms with Crippen LogP contribution >= 0.6 is 0 Å². The number of carbonyl (C=O) groups excluding carboxylic acids is 2. The van der Waals surface area contributed by atoms with Crippen LogP contribution in [0.5, 0.6) is 0 Å². The predicted molar refractivity (Wildman–Crippen MR) is 70.3 cm³/mol. The van der Waals surface area contributed by atoms with Gasteiger partial charge in [0.1, 0.15) is 6.04 Å². The summed E-state index contributed by atoms with van der Waals surface area (Å²) in [5.74, 6) is -0.133. The molecule has 0 radical (unpaired) electrons. The Morgan fingerprint density at radius 1 is 1.47 bits per heavy atom. The SMILES string of the molecule is COC(=O)[C@H](Cc1cnc[nH]1)NC(=O)CCC(C)C. The van der Waals surface area contributed by atoms with Gasteiger partial charge in [-0.15, -0.1) is 0 Å². The Hall–Kier alpha value is -1.85. The number of aromatic amines is 1. The van der Waals surface area contributed by atoms with E-state index in [9.17, 15) is 9.59 Å². The number of amides is 1. The van der Waals surface area contributed by atoms with E-state index in [4.69, 9.17) is 4.74 Å². The number of aromatic nitrogens is 2. The first kappa shape index (κ1) is 15.2. The third-order valence-electron chi connectivity index (χ3n) is 2.75. The summed E-state index contributed by atoms with van der Waals surface area (Å²) >= 11 is 0. The van der Waals surface area contributed by atoms with E-state index in [0.717, 1.165) is 12.1 Å². The molecule has 1 atom stereocenters. The van der Waals surface area contributed by atoms with Gasteiger partial charge >= 0.3 is 5.97 Å². The van der Waals surface area contributed by atoms with Gasteiger partial charge in [0, 0.05) is 24.7 Å². The van der Waals surface area contributed by atoms with Gasteiger partial charge in [0.2, 0.25) is 5.91 Å². The molecule has 6 nitrogen and oxygen atoms in total. The minimum atomic E-state index is -0.676. The number of esters is 1. The minimum Gasteiger partial charge on any atom is -0.467 e. The number of nitrogens with one attached hydrogen (secondary N) is 2. The second-order valence-corrected chi connectivity index (χ2v) is 4.86. The molecular weight excluding hydrogens is 246 g/mol. The van der Waals surface area contributed by atoms with Crippen LogP contribution < -0.4 is 5.32 Å². The van der Waals surface area contributed by atoms with Crippen molar-refractivity contribution in [3.63, 3.8) is 0 Å². The summed E-state index contributed by atoms with van der Waals surface area (Å²) in [6, 6.07) is -0.676. The highest BCUT2D eigenvalue weighted by atomic mass is 16.5. The van der Waals surface area contributed by atoms with Crippen LogP contribution in [-0.4, -0.2) is 35.0 Å². The van der Waals surface area contributed by atoms with Gasteiger partial charge in [0.05, 0.1) is 13.4 Å². The molecule has 1 amide bonds. The number of carbonyl (C=O) groups is 2. The van der Waals surface area contributed by atoms with Crippen LogP contribution in [0.4, 0.5) is 0 Å². The van der Waals surface area contributed by atoms with Crippen LogP contribution in [0, 0.1) is 5.92 Å². The van der Waals surface area contributed by atoms with Crippen molar-refractivity contribution in [3.8, 4) is 0 Å². The first-order chi connectivity index (χ1) is 9.02. The van der Waals surface area contributed by atoms with Gasteiger partial charge in [-0.05, 0) is 12.3 Å². The summed E-state index contributed by atoms with van der Waals surface area (Å²) in [6.07, 6.45) is 4.71. The standard InChI is InChI=1S/C13H21N3O3/c1-9(2)4-5-12(17)16-11(13(18)19-3)6-10-7-14-8-15-10/h7-9,11H,4-6H2,1-3H3,(H,14,15)(H,16,17)/t11-/m0/s1. The van der Waals surface area contributed by atoms with Crippen LogP contribution in [0.2, 0.25) is 0 Å². The Morgan fingerprint density at radius 2 is 2.21 bits per heavy atom. The number of ether oxygens (including phenoxy) is 1. The van der Waals surface area contributed by atoms with Gasteiger partial charge in [0.15, 0.2) is 0 Å². The van der Waals surface area contributed by atoms with Crippen LogP contribution in [0.3, 0.4) is 0 Å². The molecule has 0 aliphatic rings. The number of H-pyrrole nitrogens is 1. The molecule has 0 aromatic carbocycles. The van der Waals surface area contributed by atoms with Gasteiger partial charge in [-0.25, -0.2) is 9.78 Å². The maximum Gasteiger partial charge on any atom is 0.328 e. The second kappa shape index (κ2) is 7.56. The lowest BCUT2D eigenvalue weighted by Crippen LogP contribution is -2.43. The maximum absolute atomic E-state index is 11.8. The summed E-state index contributed by atoms with van der Waals surface area (Å²) in [6.45, 7) is 4.10. The van der Waals surface area contributed by atoms with E-state index in [1.54, 1.807) is 6.20 Å². The van der Waals surface area contributed by atoms with Crippen LogP contribution in [0.15, 0.2) is 12.5 Å². The molecule has 2 N–H and O–H groups in total. The van der Waals surface area contributed by atoms with Crippen LogP contribution in [0.25, 0.3) is 0 Å². The molecule has 1 rings (SSSR count). The molecule has 0 fully saturated rings. The largest absolute Gasteiger partial charge is 0.467 e. The van der Waals surface area contributed by atoms with Gasteiger partial charge in [0.25, 0.3) is 0 Å². The zero-order valence-corrected chi connectivity index (χ0v) is 11.6. The van der Waals surface area contributed by atoms with E-state index in [1.807, 2.05) is 0 Å². The predicted octanol–water partition coefficient (Wildman–Crippen LogP) is 1.05. The van der Waals surface area contributed by atoms with Crippen molar-refractivity contribution >= 4 is 11.9 Å². The Bertz CT molecular complexity index is 401. The molecule has 0 aliphatic carbocycles. The van der Waals surface area contributed by atoms with Crippen molar-refractivity contribution in [2.24, 2.45) is 5.92 Å². The van der Waals surface area contributed by atoms with Gasteiger partial charge < -0.3 is 15.0 Å². The van der Waals surface area contributed by atoms with E-state index in [0.29, 0.717) is 18.8 Å². The average Bonchev–Trinajstić information content (AvgIpc) is 2.87. The number of nitrogens with zero attached hydrogens (tertiary/aromatic N) is 1. The third-order valence-corrected chi connectivity index (χ3v) is 2.75. The van der Waals surface area contributed by atoms with E-state index < -0.39 is 12.0 Å². The Kier molecular flexibility index (Phi) is 6.05. The topological polar surface area (TPSA) is 84.1 Å². The molecule has 1 aromatic rings. The number of imidazole rings is 1. The molecule has 19 heavy (non-hydrogen) atoms. The lowest BCUT2D eigenvalue weighted by Gasteiger charge is -2.16. The summed E-state index contributed by atoms with van der Waals surface area (Å²) in [4.78, 5) is 30.2. The van der Waals surface area contributed by atoms with Crippen molar-refractivity contribution in [1.29, 1.82) is 0 Å². The van der Waals surface area contributed by atoms with Crippen LogP contribution in [0.1, 0.15) is 32.4 Å². The van der Waals surface area contributed by atoms with E-state index in [1.165, 1.54) is 13.4 Å². The highest BCUT2D eigenvalue weighted by Gasteiger charge is 2.22. The van der Waals surface area contributed by atoms with Crippen molar-refractivity contribution in [2.75, 3.05) is 7.11 Å². The van der Waals surface area contributed by atoms with Crippen LogP contribution in [-0.2, 0) is 20.7 Å². The van der Waals surface area contributed by atoms with Gasteiger partial charge in [-0.3, -0.25) is 4.79 Å². The number of methoxy groups -OCH3 is 1. The molecule has 0 unspecified atom stereocenters. The smallest absolute Gasteiger partial charge is 0.328 e. The first-order valence-corrected chi connectivity index (χ1v) is 6.37. The fourth-order valence-electron chi connectivity index (χ4n) is 1.64. The molecule has 1 heterocycles. The van der Waals surface area contributed by atoms with Crippen molar-refractivity contribution in [2.45, 2.75) is 39.2 Å². The Balaban J connectivity index is 2.54. The zero-order valence-electron chi connectivity index (χ0n) is 11.6. The fourth-order valence-corrected chi connectivity index (χ4v) is 1.64. The fraction of sp³-hybridized carbons (Fsp3) is 0.615. The lowest BCUT2D eigenvalue weighted by molar-refractivity contribution is -0.145. The Morgan fingerprint density at radius 3 is 2.74 bits per heavy atom. The summed E-state index contributed by atoms with van der Waals surface area (Å²) in [5.41, 5.74) is 0.777. The molecule has 0 spiro atoms. The summed E-state index contributed by atoms with van der Waals surface area (Å²) < 4.78 is 4.70. The Labute approximate surface area is 112 Å². The lowest BCUT2D eigenvalue weighted by atomic mass is 10.1. The van der Waals surface area contributed by atoms with Gasteiger partial charge in [-0.2, -0.15) is 0 Å². The first-order valence-electron chi connectivity index (χ1n) is 6.37. The van der Waals surface area contributed by atoms with Crippen molar-refractivity contribution in [1.82, 2.24) is 15.3 Å². The highest BCUT2D eigenvalue weighted by Crippen LogP contribution is 2.05. The van der Waals surface area contributed by atoms with E-state index >= 15 is 0 Å². The van der Waals surface area contributed by atoms with Crippen molar-refractivity contribution < 1.29 is 14.3 Å². The molecule has 0 saturated carbocycles. The summed E-state index contributed by atoms with van der Waals surface area (Å²) in [7, 11) is 1.31. The quantitative estimate of drug-likeness (QED) is 0.723. The average molecular weight is 267 g/mol. The number of hydrogen-bond donors (Lipinski definition) is 2.